The smallest absolute Gasteiger partial charge is 0.322 e. The highest BCUT2D eigenvalue weighted by Crippen LogP contribution is 2.51. The fourth-order valence-corrected chi connectivity index (χ4v) is 3.90. The van der Waals surface area contributed by atoms with Gasteiger partial charge >= 0.3 is 5.97 Å². The molecule has 0 bridgehead atoms. The number of carbonyl (C=O) groups is 2. The lowest BCUT2D eigenvalue weighted by molar-refractivity contribution is -0.190. The average Bonchev–Trinajstić information content (AvgIpc) is 2.52. The van der Waals surface area contributed by atoms with E-state index in [2.05, 4.69) is 13.8 Å². The zero-order valence-electron chi connectivity index (χ0n) is 15.7. The van der Waals surface area contributed by atoms with Gasteiger partial charge in [-0.3, -0.25) is 9.59 Å². The van der Waals surface area contributed by atoms with Crippen LogP contribution in [0, 0.1) is 16.7 Å². The van der Waals surface area contributed by atoms with Crippen molar-refractivity contribution < 1.29 is 19.4 Å². The van der Waals surface area contributed by atoms with Crippen molar-refractivity contribution in [3.05, 3.63) is 0 Å². The van der Waals surface area contributed by atoms with Crippen LogP contribution in [0.25, 0.3) is 0 Å². The van der Waals surface area contributed by atoms with Crippen molar-refractivity contribution in [2.75, 3.05) is 6.61 Å². The first kappa shape index (κ1) is 20.1. The highest BCUT2D eigenvalue weighted by atomic mass is 16.6. The van der Waals surface area contributed by atoms with Crippen LogP contribution in [-0.2, 0) is 14.3 Å². The largest absolute Gasteiger partial charge is 0.458 e. The summed E-state index contributed by atoms with van der Waals surface area (Å²) in [6.07, 6.45) is 6.57. The van der Waals surface area contributed by atoms with Gasteiger partial charge in [-0.1, -0.05) is 33.1 Å². The van der Waals surface area contributed by atoms with Gasteiger partial charge in [0.05, 0.1) is 6.61 Å². The van der Waals surface area contributed by atoms with Crippen molar-refractivity contribution in [2.24, 2.45) is 16.7 Å². The first-order valence-electron chi connectivity index (χ1n) is 8.94. The van der Waals surface area contributed by atoms with Crippen molar-refractivity contribution in [3.63, 3.8) is 0 Å². The van der Waals surface area contributed by atoms with Crippen LogP contribution >= 0.6 is 0 Å². The summed E-state index contributed by atoms with van der Waals surface area (Å²) in [6.45, 7) is 10.6. The summed E-state index contributed by atoms with van der Waals surface area (Å²) in [5.74, 6) is -0.302. The van der Waals surface area contributed by atoms with Gasteiger partial charge in [0, 0.05) is 5.41 Å². The summed E-state index contributed by atoms with van der Waals surface area (Å²) in [7, 11) is 0. The van der Waals surface area contributed by atoms with Crippen LogP contribution in [0.15, 0.2) is 0 Å². The minimum atomic E-state index is -1.47. The van der Waals surface area contributed by atoms with E-state index >= 15 is 0 Å². The van der Waals surface area contributed by atoms with E-state index in [0.29, 0.717) is 5.92 Å². The van der Waals surface area contributed by atoms with Crippen LogP contribution in [0.1, 0.15) is 80.1 Å². The third-order valence-corrected chi connectivity index (χ3v) is 6.37. The van der Waals surface area contributed by atoms with Crippen molar-refractivity contribution in [1.82, 2.24) is 0 Å². The second-order valence-corrected chi connectivity index (χ2v) is 7.95. The van der Waals surface area contributed by atoms with Gasteiger partial charge in [-0.2, -0.15) is 0 Å². The van der Waals surface area contributed by atoms with E-state index in [1.807, 2.05) is 13.8 Å². The fourth-order valence-electron chi connectivity index (χ4n) is 3.90. The molecule has 4 nitrogen and oxygen atoms in total. The Bertz CT molecular complexity index is 443. The Labute approximate surface area is 141 Å². The van der Waals surface area contributed by atoms with E-state index in [1.165, 1.54) is 20.3 Å². The maximum Gasteiger partial charge on any atom is 0.322 e. The number of hydrogen-bond acceptors (Lipinski definition) is 4. The Morgan fingerprint density at radius 1 is 1.26 bits per heavy atom. The molecule has 0 aromatic heterocycles. The zero-order chi connectivity index (χ0) is 17.9. The maximum atomic E-state index is 12.6. The third-order valence-electron chi connectivity index (χ3n) is 6.37. The van der Waals surface area contributed by atoms with E-state index < -0.39 is 23.6 Å². The Balaban J connectivity index is 3.04. The topological polar surface area (TPSA) is 63.6 Å². The number of ketones is 1. The van der Waals surface area contributed by atoms with Crippen molar-refractivity contribution >= 4 is 11.8 Å². The van der Waals surface area contributed by atoms with Crippen molar-refractivity contribution in [2.45, 2.75) is 85.7 Å². The standard InChI is InChI=1S/C19H34O4/c1-7-15-10-9-11-19(8-2,12-15)17(4,5)23-16(22)18(6,13-20)14(3)21/h15,20H,7-13H2,1-6H3. The lowest BCUT2D eigenvalue weighted by Crippen LogP contribution is -2.52. The van der Waals surface area contributed by atoms with Crippen LogP contribution in [0.2, 0.25) is 0 Å². The van der Waals surface area contributed by atoms with Gasteiger partial charge < -0.3 is 9.84 Å². The second kappa shape index (κ2) is 7.33. The number of rotatable bonds is 7. The molecule has 1 N–H and O–H groups in total. The van der Waals surface area contributed by atoms with E-state index in [9.17, 15) is 14.7 Å². The molecule has 1 rings (SSSR count). The molecule has 134 valence electrons. The molecule has 0 aliphatic heterocycles. The quantitative estimate of drug-likeness (QED) is 0.569. The molecule has 0 spiro atoms. The van der Waals surface area contributed by atoms with Gasteiger partial charge in [0.2, 0.25) is 0 Å². The molecule has 23 heavy (non-hydrogen) atoms. The second-order valence-electron chi connectivity index (χ2n) is 7.95. The number of ether oxygens (including phenoxy) is 1. The minimum absolute atomic E-state index is 0.0608. The predicted molar refractivity (Wildman–Crippen MR) is 91.0 cm³/mol. The lowest BCUT2D eigenvalue weighted by atomic mass is 9.60. The van der Waals surface area contributed by atoms with Gasteiger partial charge in [0.15, 0.2) is 0 Å². The molecule has 0 aromatic rings. The van der Waals surface area contributed by atoms with E-state index in [0.717, 1.165) is 32.1 Å². The maximum absolute atomic E-state index is 12.6. The van der Waals surface area contributed by atoms with Gasteiger partial charge in [-0.15, -0.1) is 0 Å². The van der Waals surface area contributed by atoms with Gasteiger partial charge in [0.1, 0.15) is 16.8 Å². The number of hydrogen-bond donors (Lipinski definition) is 1. The molecule has 1 aliphatic rings. The van der Waals surface area contributed by atoms with Gasteiger partial charge in [0.25, 0.3) is 0 Å². The monoisotopic (exact) mass is 326 g/mol. The summed E-state index contributed by atoms with van der Waals surface area (Å²) in [5.41, 5.74) is -2.18. The summed E-state index contributed by atoms with van der Waals surface area (Å²) < 4.78 is 5.86. The average molecular weight is 326 g/mol. The fraction of sp³-hybridized carbons (Fsp3) is 0.895. The zero-order valence-corrected chi connectivity index (χ0v) is 15.7. The Morgan fingerprint density at radius 2 is 1.87 bits per heavy atom. The highest BCUT2D eigenvalue weighted by molar-refractivity contribution is 6.02. The van der Waals surface area contributed by atoms with Crippen molar-refractivity contribution in [1.29, 1.82) is 0 Å². The Kier molecular flexibility index (Phi) is 6.42. The first-order chi connectivity index (χ1) is 10.6. The predicted octanol–water partition coefficient (Wildman–Crippen LogP) is 3.89. The molecule has 0 aromatic carbocycles. The molecule has 3 atom stereocenters. The molecule has 4 heteroatoms. The first-order valence-corrected chi connectivity index (χ1v) is 8.94. The van der Waals surface area contributed by atoms with Crippen molar-refractivity contribution in [3.8, 4) is 0 Å². The van der Waals surface area contributed by atoms with E-state index in [-0.39, 0.29) is 11.2 Å². The van der Waals surface area contributed by atoms with Crippen LogP contribution < -0.4 is 0 Å². The molecule has 0 radical (unpaired) electrons. The number of aliphatic hydroxyl groups is 1. The number of esters is 1. The van der Waals surface area contributed by atoms with Crippen LogP contribution in [0.4, 0.5) is 0 Å². The summed E-state index contributed by atoms with van der Waals surface area (Å²) in [4.78, 5) is 24.4. The number of aliphatic hydroxyl groups excluding tert-OH is 1. The number of carbonyl (C=O) groups excluding carboxylic acids is 2. The summed E-state index contributed by atoms with van der Waals surface area (Å²) in [5, 5.41) is 9.51. The molecule has 0 amide bonds. The molecular weight excluding hydrogens is 292 g/mol. The number of Topliss-reactive ketones (excluding diaryl/α,β-unsaturated/α-hetero) is 1. The van der Waals surface area contributed by atoms with Gasteiger partial charge in [-0.05, 0) is 52.9 Å². The van der Waals surface area contributed by atoms with Gasteiger partial charge in [-0.25, -0.2) is 0 Å². The van der Waals surface area contributed by atoms with Crippen LogP contribution in [0.3, 0.4) is 0 Å². The molecular formula is C19H34O4. The normalized spacial score (nSPS) is 28.0. The Hall–Kier alpha value is -0.900. The highest BCUT2D eigenvalue weighted by Gasteiger charge is 2.51. The molecule has 0 heterocycles. The summed E-state index contributed by atoms with van der Waals surface area (Å²) in [6, 6.07) is 0. The molecule has 3 unspecified atom stereocenters. The molecule has 1 saturated carbocycles. The Morgan fingerprint density at radius 3 is 2.30 bits per heavy atom. The van der Waals surface area contributed by atoms with E-state index in [4.69, 9.17) is 4.74 Å². The third kappa shape index (κ3) is 3.78. The van der Waals surface area contributed by atoms with Crippen LogP contribution in [-0.4, -0.2) is 29.1 Å². The molecule has 1 aliphatic carbocycles. The minimum Gasteiger partial charge on any atom is -0.458 e. The summed E-state index contributed by atoms with van der Waals surface area (Å²) >= 11 is 0. The molecule has 0 saturated heterocycles. The van der Waals surface area contributed by atoms with Crippen LogP contribution in [0.5, 0.6) is 0 Å². The SMILES string of the molecule is CCC1CCCC(CC)(C(C)(C)OC(=O)C(C)(CO)C(C)=O)C1. The van der Waals surface area contributed by atoms with E-state index in [1.54, 1.807) is 0 Å². The lowest BCUT2D eigenvalue weighted by Gasteiger charge is -2.50. The molecule has 1 fully saturated rings.